The quantitative estimate of drug-likeness (QED) is 0.869. The van der Waals surface area contributed by atoms with E-state index in [0.29, 0.717) is 18.8 Å². The van der Waals surface area contributed by atoms with E-state index >= 15 is 0 Å². The number of likely N-dealkylation sites (N-methyl/N-ethyl adjacent to an activating group) is 1. The number of furan rings is 1. The van der Waals surface area contributed by atoms with Gasteiger partial charge in [0.05, 0.1) is 6.04 Å². The summed E-state index contributed by atoms with van der Waals surface area (Å²) in [4.78, 5) is 21.4. The van der Waals surface area contributed by atoms with Crippen LogP contribution in [0.4, 0.5) is 0 Å². The Labute approximate surface area is 136 Å². The fraction of sp³-hybridized carbons (Fsp3) is 0.529. The highest BCUT2D eigenvalue weighted by Gasteiger charge is 2.32. The minimum Gasteiger partial charge on any atom is -0.456 e. The SMILES string of the molecule is CCc1cc(C)c(C(=O)N2CCN(C)[C@H](c3nccn3C)C2)o1. The van der Waals surface area contributed by atoms with Gasteiger partial charge >= 0.3 is 0 Å². The van der Waals surface area contributed by atoms with E-state index in [1.165, 1.54) is 0 Å². The first kappa shape index (κ1) is 15.8. The normalized spacial score (nSPS) is 19.3. The van der Waals surface area contributed by atoms with Gasteiger partial charge in [0.2, 0.25) is 0 Å². The van der Waals surface area contributed by atoms with Gasteiger partial charge in [-0.15, -0.1) is 0 Å². The summed E-state index contributed by atoms with van der Waals surface area (Å²) in [6.07, 6.45) is 4.54. The summed E-state index contributed by atoms with van der Waals surface area (Å²) in [5.41, 5.74) is 0.916. The number of imidazole rings is 1. The highest BCUT2D eigenvalue weighted by molar-refractivity contribution is 5.93. The summed E-state index contributed by atoms with van der Waals surface area (Å²) in [6, 6.07) is 2.06. The first-order valence-corrected chi connectivity index (χ1v) is 8.07. The van der Waals surface area contributed by atoms with Gasteiger partial charge in [-0.1, -0.05) is 6.92 Å². The molecule has 2 aromatic heterocycles. The molecule has 23 heavy (non-hydrogen) atoms. The molecule has 1 aliphatic heterocycles. The fourth-order valence-corrected chi connectivity index (χ4v) is 3.11. The van der Waals surface area contributed by atoms with Crippen LogP contribution in [-0.4, -0.2) is 51.9 Å². The van der Waals surface area contributed by atoms with Gasteiger partial charge in [0.25, 0.3) is 5.91 Å². The van der Waals surface area contributed by atoms with Crippen molar-refractivity contribution >= 4 is 5.91 Å². The summed E-state index contributed by atoms with van der Waals surface area (Å²) in [5, 5.41) is 0. The average Bonchev–Trinajstić information content (AvgIpc) is 3.13. The Balaban J connectivity index is 1.82. The van der Waals surface area contributed by atoms with E-state index < -0.39 is 0 Å². The van der Waals surface area contributed by atoms with E-state index in [2.05, 4.69) is 16.9 Å². The number of carbonyl (C=O) groups is 1. The Morgan fingerprint density at radius 3 is 2.78 bits per heavy atom. The average molecular weight is 316 g/mol. The number of hydrogen-bond donors (Lipinski definition) is 0. The molecule has 1 aliphatic rings. The fourth-order valence-electron chi connectivity index (χ4n) is 3.11. The number of nitrogens with zero attached hydrogens (tertiary/aromatic N) is 4. The predicted molar refractivity (Wildman–Crippen MR) is 87.3 cm³/mol. The first-order chi connectivity index (χ1) is 11.0. The molecule has 1 saturated heterocycles. The lowest BCUT2D eigenvalue weighted by Crippen LogP contribution is -2.49. The second-order valence-corrected chi connectivity index (χ2v) is 6.22. The van der Waals surface area contributed by atoms with Gasteiger partial charge < -0.3 is 13.9 Å². The van der Waals surface area contributed by atoms with E-state index in [4.69, 9.17) is 4.42 Å². The molecular formula is C17H24N4O2. The van der Waals surface area contributed by atoms with Crippen LogP contribution in [0.15, 0.2) is 22.9 Å². The number of piperazine rings is 1. The monoisotopic (exact) mass is 316 g/mol. The van der Waals surface area contributed by atoms with E-state index in [0.717, 1.165) is 30.1 Å². The van der Waals surface area contributed by atoms with Crippen molar-refractivity contribution in [2.24, 2.45) is 7.05 Å². The molecule has 0 bridgehead atoms. The van der Waals surface area contributed by atoms with Gasteiger partial charge in [-0.3, -0.25) is 9.69 Å². The van der Waals surface area contributed by atoms with Crippen molar-refractivity contribution in [1.82, 2.24) is 19.4 Å². The highest BCUT2D eigenvalue weighted by atomic mass is 16.4. The van der Waals surface area contributed by atoms with Crippen LogP contribution in [0.25, 0.3) is 0 Å². The van der Waals surface area contributed by atoms with Crippen LogP contribution in [0.2, 0.25) is 0 Å². The van der Waals surface area contributed by atoms with Crippen molar-refractivity contribution in [2.45, 2.75) is 26.3 Å². The van der Waals surface area contributed by atoms with Gasteiger partial charge in [0.15, 0.2) is 5.76 Å². The second kappa shape index (κ2) is 6.20. The molecule has 0 radical (unpaired) electrons. The van der Waals surface area contributed by atoms with Crippen molar-refractivity contribution in [2.75, 3.05) is 26.7 Å². The summed E-state index contributed by atoms with van der Waals surface area (Å²) in [6.45, 7) is 6.12. The Kier molecular flexibility index (Phi) is 4.26. The van der Waals surface area contributed by atoms with Gasteiger partial charge in [-0.25, -0.2) is 4.98 Å². The molecular weight excluding hydrogens is 292 g/mol. The van der Waals surface area contributed by atoms with E-state index in [1.54, 1.807) is 6.20 Å². The lowest BCUT2D eigenvalue weighted by Gasteiger charge is -2.38. The van der Waals surface area contributed by atoms with Crippen LogP contribution < -0.4 is 0 Å². The van der Waals surface area contributed by atoms with Crippen molar-refractivity contribution in [3.8, 4) is 0 Å². The predicted octanol–water partition coefficient (Wildman–Crippen LogP) is 2.01. The van der Waals surface area contributed by atoms with Crippen LogP contribution in [-0.2, 0) is 13.5 Å². The molecule has 1 fully saturated rings. The molecule has 6 heteroatoms. The number of aromatic nitrogens is 2. The Bertz CT molecular complexity index is 703. The van der Waals surface area contributed by atoms with Gasteiger partial charge in [-0.2, -0.15) is 0 Å². The van der Waals surface area contributed by atoms with Crippen molar-refractivity contribution < 1.29 is 9.21 Å². The zero-order valence-corrected chi connectivity index (χ0v) is 14.2. The molecule has 6 nitrogen and oxygen atoms in total. The molecule has 0 spiro atoms. The van der Waals surface area contributed by atoms with E-state index in [9.17, 15) is 4.79 Å². The van der Waals surface area contributed by atoms with Crippen molar-refractivity contribution in [1.29, 1.82) is 0 Å². The minimum atomic E-state index is -0.0190. The minimum absolute atomic E-state index is 0.0190. The highest BCUT2D eigenvalue weighted by Crippen LogP contribution is 2.25. The van der Waals surface area contributed by atoms with Gasteiger partial charge in [-0.05, 0) is 20.0 Å². The third kappa shape index (κ3) is 2.91. The topological polar surface area (TPSA) is 54.5 Å². The van der Waals surface area contributed by atoms with Gasteiger partial charge in [0.1, 0.15) is 11.6 Å². The molecule has 3 heterocycles. The lowest BCUT2D eigenvalue weighted by molar-refractivity contribution is 0.0498. The number of amides is 1. The molecule has 0 unspecified atom stereocenters. The van der Waals surface area contributed by atoms with Crippen LogP contribution >= 0.6 is 0 Å². The number of rotatable bonds is 3. The molecule has 0 aromatic carbocycles. The molecule has 2 aromatic rings. The Morgan fingerprint density at radius 2 is 2.17 bits per heavy atom. The molecule has 0 aliphatic carbocycles. The zero-order chi connectivity index (χ0) is 16.6. The maximum absolute atomic E-state index is 12.8. The lowest BCUT2D eigenvalue weighted by atomic mass is 10.1. The smallest absolute Gasteiger partial charge is 0.289 e. The molecule has 1 amide bonds. The van der Waals surface area contributed by atoms with Crippen molar-refractivity contribution in [3.63, 3.8) is 0 Å². The van der Waals surface area contributed by atoms with Crippen LogP contribution in [0.3, 0.4) is 0 Å². The summed E-state index contributed by atoms with van der Waals surface area (Å²) < 4.78 is 7.75. The van der Waals surface area contributed by atoms with E-state index in [-0.39, 0.29) is 11.9 Å². The summed E-state index contributed by atoms with van der Waals surface area (Å²) in [5.74, 6) is 2.30. The van der Waals surface area contributed by atoms with Crippen LogP contribution in [0.1, 0.15) is 40.7 Å². The number of carbonyl (C=O) groups excluding carboxylic acids is 1. The van der Waals surface area contributed by atoms with Gasteiger partial charge in [0, 0.05) is 51.1 Å². The molecule has 0 saturated carbocycles. The molecule has 1 atom stereocenters. The maximum Gasteiger partial charge on any atom is 0.289 e. The van der Waals surface area contributed by atoms with Crippen molar-refractivity contribution in [3.05, 3.63) is 41.4 Å². The summed E-state index contributed by atoms with van der Waals surface area (Å²) >= 11 is 0. The van der Waals surface area contributed by atoms with Crippen LogP contribution in [0.5, 0.6) is 0 Å². The molecule has 3 rings (SSSR count). The molecule has 0 N–H and O–H groups in total. The third-order valence-electron chi connectivity index (χ3n) is 4.60. The first-order valence-electron chi connectivity index (χ1n) is 8.07. The molecule has 124 valence electrons. The number of aryl methyl sites for hydroxylation is 3. The maximum atomic E-state index is 12.8. The summed E-state index contributed by atoms with van der Waals surface area (Å²) in [7, 11) is 4.07. The number of hydrogen-bond acceptors (Lipinski definition) is 4. The standard InChI is InChI=1S/C17H24N4O2/c1-5-13-10-12(2)15(23-13)17(22)21-9-8-19(3)14(11-21)16-18-6-7-20(16)4/h6-7,10,14H,5,8-9,11H2,1-4H3/t14-/m0/s1. The zero-order valence-electron chi connectivity index (χ0n) is 14.2. The Hall–Kier alpha value is -2.08. The van der Waals surface area contributed by atoms with Crippen LogP contribution in [0, 0.1) is 6.92 Å². The largest absolute Gasteiger partial charge is 0.456 e. The third-order valence-corrected chi connectivity index (χ3v) is 4.60. The van der Waals surface area contributed by atoms with E-state index in [1.807, 2.05) is 42.6 Å². The second-order valence-electron chi connectivity index (χ2n) is 6.22. The Morgan fingerprint density at radius 1 is 1.39 bits per heavy atom.